The summed E-state index contributed by atoms with van der Waals surface area (Å²) in [6.07, 6.45) is 1.49. The summed E-state index contributed by atoms with van der Waals surface area (Å²) < 4.78 is 0. The molecule has 1 rings (SSSR count). The molecule has 1 aromatic carbocycles. The van der Waals surface area contributed by atoms with Crippen LogP contribution < -0.4 is 21.7 Å². The van der Waals surface area contributed by atoms with Crippen LogP contribution in [0.15, 0.2) is 24.3 Å². The van der Waals surface area contributed by atoms with E-state index in [2.05, 4.69) is 16.0 Å². The topological polar surface area (TPSA) is 96.2 Å². The fourth-order valence-electron chi connectivity index (χ4n) is 2.11. The van der Waals surface area contributed by atoms with Crippen molar-refractivity contribution in [2.24, 2.45) is 5.73 Å². The van der Waals surface area contributed by atoms with Crippen LogP contribution in [0.25, 0.3) is 0 Å². The molecule has 0 heterocycles. The van der Waals surface area contributed by atoms with Crippen LogP contribution in [0.5, 0.6) is 0 Å². The van der Waals surface area contributed by atoms with Gasteiger partial charge in [-0.25, -0.2) is 4.79 Å². The summed E-state index contributed by atoms with van der Waals surface area (Å²) in [4.78, 5) is 23.6. The summed E-state index contributed by atoms with van der Waals surface area (Å²) in [6.45, 7) is 4.59. The first-order valence-electron chi connectivity index (χ1n) is 7.72. The minimum Gasteiger partial charge on any atom is -0.348 e. The van der Waals surface area contributed by atoms with Gasteiger partial charge >= 0.3 is 6.03 Å². The van der Waals surface area contributed by atoms with E-state index in [0.717, 1.165) is 18.4 Å². The predicted octanol–water partition coefficient (Wildman–Crippen LogP) is 1.77. The molecule has 23 heavy (non-hydrogen) atoms. The highest BCUT2D eigenvalue weighted by molar-refractivity contribution is 6.30. The van der Waals surface area contributed by atoms with Gasteiger partial charge in [0.15, 0.2) is 0 Å². The van der Waals surface area contributed by atoms with Gasteiger partial charge in [-0.1, -0.05) is 37.6 Å². The van der Waals surface area contributed by atoms with Crippen LogP contribution in [0.3, 0.4) is 0 Å². The van der Waals surface area contributed by atoms with Gasteiger partial charge in [0.05, 0.1) is 12.1 Å². The number of halogens is 1. The Hall–Kier alpha value is -1.79. The van der Waals surface area contributed by atoms with E-state index < -0.39 is 11.6 Å². The monoisotopic (exact) mass is 340 g/mol. The summed E-state index contributed by atoms with van der Waals surface area (Å²) in [5.74, 6) is -0.249. The van der Waals surface area contributed by atoms with Crippen LogP contribution in [0.4, 0.5) is 4.79 Å². The maximum Gasteiger partial charge on any atom is 0.315 e. The van der Waals surface area contributed by atoms with Crippen molar-refractivity contribution < 1.29 is 9.59 Å². The van der Waals surface area contributed by atoms with Crippen molar-refractivity contribution in [3.63, 3.8) is 0 Å². The minimum atomic E-state index is -0.404. The number of nitrogens with one attached hydrogen (secondary N) is 3. The Bertz CT molecular complexity index is 507. The molecule has 0 aliphatic rings. The highest BCUT2D eigenvalue weighted by Crippen LogP contribution is 2.12. The molecule has 0 unspecified atom stereocenters. The van der Waals surface area contributed by atoms with Crippen LogP contribution in [0.1, 0.15) is 32.3 Å². The molecule has 0 spiro atoms. The first-order chi connectivity index (χ1) is 10.9. The van der Waals surface area contributed by atoms with Gasteiger partial charge in [0.25, 0.3) is 0 Å². The van der Waals surface area contributed by atoms with Crippen molar-refractivity contribution in [1.82, 2.24) is 16.0 Å². The van der Waals surface area contributed by atoms with Gasteiger partial charge in [-0.3, -0.25) is 4.79 Å². The van der Waals surface area contributed by atoms with Gasteiger partial charge in [0, 0.05) is 18.1 Å². The second kappa shape index (κ2) is 9.37. The summed E-state index contributed by atoms with van der Waals surface area (Å²) in [5.41, 5.74) is 6.25. The van der Waals surface area contributed by atoms with Crippen LogP contribution in [0.2, 0.25) is 5.02 Å². The maximum atomic E-state index is 11.9. The molecule has 0 saturated heterocycles. The van der Waals surface area contributed by atoms with Gasteiger partial charge in [0.2, 0.25) is 5.91 Å². The molecule has 0 aliphatic heterocycles. The van der Waals surface area contributed by atoms with E-state index in [-0.39, 0.29) is 12.5 Å². The number of hydrogen-bond acceptors (Lipinski definition) is 3. The zero-order valence-electron chi connectivity index (χ0n) is 13.6. The Kier molecular flexibility index (Phi) is 7.85. The number of hydrogen-bond donors (Lipinski definition) is 4. The lowest BCUT2D eigenvalue weighted by Crippen LogP contribution is -2.55. The van der Waals surface area contributed by atoms with Crippen molar-refractivity contribution in [2.45, 2.75) is 38.8 Å². The smallest absolute Gasteiger partial charge is 0.315 e. The molecule has 1 aromatic rings. The lowest BCUT2D eigenvalue weighted by molar-refractivity contribution is -0.122. The highest BCUT2D eigenvalue weighted by Gasteiger charge is 2.26. The van der Waals surface area contributed by atoms with Crippen molar-refractivity contribution in [2.75, 3.05) is 13.1 Å². The van der Waals surface area contributed by atoms with E-state index in [9.17, 15) is 9.59 Å². The lowest BCUT2D eigenvalue weighted by Gasteiger charge is -2.31. The molecule has 7 heteroatoms. The number of amides is 3. The Labute approximate surface area is 142 Å². The van der Waals surface area contributed by atoms with Gasteiger partial charge < -0.3 is 21.7 Å². The van der Waals surface area contributed by atoms with E-state index in [1.54, 1.807) is 12.1 Å². The molecule has 5 N–H and O–H groups in total. The molecule has 128 valence electrons. The molecule has 0 aromatic heterocycles. The molecular weight excluding hydrogens is 316 g/mol. The summed E-state index contributed by atoms with van der Waals surface area (Å²) in [7, 11) is 0. The first-order valence-corrected chi connectivity index (χ1v) is 8.09. The fourth-order valence-corrected chi connectivity index (χ4v) is 2.24. The van der Waals surface area contributed by atoms with Gasteiger partial charge in [-0.2, -0.15) is 0 Å². The maximum absolute atomic E-state index is 11.9. The van der Waals surface area contributed by atoms with Gasteiger partial charge in [0.1, 0.15) is 0 Å². The zero-order valence-corrected chi connectivity index (χ0v) is 14.4. The van der Waals surface area contributed by atoms with Crippen molar-refractivity contribution in [3.05, 3.63) is 34.9 Å². The molecule has 0 aliphatic carbocycles. The van der Waals surface area contributed by atoms with Crippen molar-refractivity contribution in [3.8, 4) is 0 Å². The minimum absolute atomic E-state index is 0.0891. The van der Waals surface area contributed by atoms with Gasteiger partial charge in [-0.05, 0) is 30.5 Å². The predicted molar refractivity (Wildman–Crippen MR) is 92.2 cm³/mol. The average Bonchev–Trinajstić information content (AvgIpc) is 2.57. The third kappa shape index (κ3) is 6.46. The molecule has 0 fully saturated rings. The molecule has 0 atom stereocenters. The number of carbonyl (C=O) groups excluding carboxylic acids is 2. The SMILES string of the molecule is CCC(CC)(CN)NC(=O)CNC(=O)NCc1ccc(Cl)cc1. The average molecular weight is 341 g/mol. The molecule has 0 saturated carbocycles. The normalized spacial score (nSPS) is 11.0. The molecule has 0 radical (unpaired) electrons. The molecular formula is C16H25ClN4O2. The Balaban J connectivity index is 2.35. The van der Waals surface area contributed by atoms with Crippen LogP contribution in [-0.4, -0.2) is 30.6 Å². The molecule has 6 nitrogen and oxygen atoms in total. The van der Waals surface area contributed by atoms with Crippen LogP contribution in [-0.2, 0) is 11.3 Å². The highest BCUT2D eigenvalue weighted by atomic mass is 35.5. The number of benzene rings is 1. The second-order valence-electron chi connectivity index (χ2n) is 5.40. The van der Waals surface area contributed by atoms with Crippen LogP contribution in [0, 0.1) is 0 Å². The zero-order chi connectivity index (χ0) is 17.3. The summed E-state index contributed by atoms with van der Waals surface area (Å²) in [6, 6.07) is 6.76. The Morgan fingerprint density at radius 1 is 1.13 bits per heavy atom. The third-order valence-corrected chi connectivity index (χ3v) is 4.18. The number of nitrogens with two attached hydrogens (primary N) is 1. The largest absolute Gasteiger partial charge is 0.348 e. The van der Waals surface area contributed by atoms with Crippen LogP contribution >= 0.6 is 11.6 Å². The standard InChI is InChI=1S/C16H25ClN4O2/c1-3-16(4-2,11-18)21-14(22)10-20-15(23)19-9-12-5-7-13(17)8-6-12/h5-8H,3-4,9-11,18H2,1-2H3,(H,21,22)(H2,19,20,23). The fraction of sp³-hybridized carbons (Fsp3) is 0.500. The number of rotatable bonds is 8. The van der Waals surface area contributed by atoms with E-state index in [1.165, 1.54) is 0 Å². The van der Waals surface area contributed by atoms with E-state index in [0.29, 0.717) is 18.1 Å². The first kappa shape index (κ1) is 19.3. The quantitative estimate of drug-likeness (QED) is 0.580. The summed E-state index contributed by atoms with van der Waals surface area (Å²) in [5, 5.41) is 8.75. The summed E-state index contributed by atoms with van der Waals surface area (Å²) >= 11 is 5.79. The number of carbonyl (C=O) groups is 2. The van der Waals surface area contributed by atoms with E-state index >= 15 is 0 Å². The Morgan fingerprint density at radius 2 is 1.74 bits per heavy atom. The third-order valence-electron chi connectivity index (χ3n) is 3.92. The van der Waals surface area contributed by atoms with Crippen molar-refractivity contribution >= 4 is 23.5 Å². The lowest BCUT2D eigenvalue weighted by atomic mass is 9.93. The van der Waals surface area contributed by atoms with E-state index in [4.69, 9.17) is 17.3 Å². The van der Waals surface area contributed by atoms with E-state index in [1.807, 2.05) is 26.0 Å². The number of urea groups is 1. The molecule has 0 bridgehead atoms. The Morgan fingerprint density at radius 3 is 2.26 bits per heavy atom. The van der Waals surface area contributed by atoms with Gasteiger partial charge in [-0.15, -0.1) is 0 Å². The van der Waals surface area contributed by atoms with Crippen molar-refractivity contribution in [1.29, 1.82) is 0 Å². The molecule has 3 amide bonds. The second-order valence-corrected chi connectivity index (χ2v) is 5.84.